The molecular formula is C20H21N3O3S. The van der Waals surface area contributed by atoms with Gasteiger partial charge in [-0.2, -0.15) is 0 Å². The number of nitrogens with two attached hydrogens (primary N) is 1. The summed E-state index contributed by atoms with van der Waals surface area (Å²) in [6, 6.07) is 19.9. The Morgan fingerprint density at radius 3 is 2.19 bits per heavy atom. The first-order valence-electron chi connectivity index (χ1n) is 8.47. The third-order valence-corrected chi connectivity index (χ3v) is 6.10. The molecule has 0 unspecified atom stereocenters. The lowest BCUT2D eigenvalue weighted by Crippen LogP contribution is -2.32. The van der Waals surface area contributed by atoms with Gasteiger partial charge in [-0.1, -0.05) is 48.5 Å². The highest BCUT2D eigenvalue weighted by Crippen LogP contribution is 2.25. The maximum absolute atomic E-state index is 13.3. The number of hydrogen-bond acceptors (Lipinski definition) is 3. The van der Waals surface area contributed by atoms with Crippen LogP contribution in [0, 0.1) is 0 Å². The molecule has 0 aliphatic carbocycles. The van der Waals surface area contributed by atoms with E-state index < -0.39 is 15.9 Å². The fourth-order valence-corrected chi connectivity index (χ4v) is 4.44. The number of carbonyl (C=O) groups is 1. The summed E-state index contributed by atoms with van der Waals surface area (Å²) in [6.45, 7) is 0.275. The molecule has 140 valence electrons. The summed E-state index contributed by atoms with van der Waals surface area (Å²) in [5, 5.41) is 0. The predicted molar refractivity (Wildman–Crippen MR) is 105 cm³/mol. The molecule has 0 spiro atoms. The summed E-state index contributed by atoms with van der Waals surface area (Å²) in [6.07, 6.45) is 1.97. The van der Waals surface area contributed by atoms with E-state index in [0.29, 0.717) is 12.1 Å². The van der Waals surface area contributed by atoms with E-state index in [9.17, 15) is 13.2 Å². The van der Waals surface area contributed by atoms with Crippen molar-refractivity contribution in [3.63, 3.8) is 0 Å². The quantitative estimate of drug-likeness (QED) is 0.680. The molecule has 3 rings (SSSR count). The van der Waals surface area contributed by atoms with E-state index in [-0.39, 0.29) is 17.1 Å². The van der Waals surface area contributed by atoms with Gasteiger partial charge in [0.15, 0.2) is 0 Å². The van der Waals surface area contributed by atoms with Crippen LogP contribution in [-0.4, -0.2) is 25.4 Å². The van der Waals surface area contributed by atoms with Gasteiger partial charge >= 0.3 is 0 Å². The molecule has 6 nitrogen and oxygen atoms in total. The maximum atomic E-state index is 13.3. The van der Waals surface area contributed by atoms with Crippen molar-refractivity contribution in [2.45, 2.75) is 11.3 Å². The summed E-state index contributed by atoms with van der Waals surface area (Å²) in [5.74, 6) is -0.672. The van der Waals surface area contributed by atoms with E-state index in [0.717, 1.165) is 5.56 Å². The van der Waals surface area contributed by atoms with Crippen molar-refractivity contribution in [3.05, 3.63) is 84.2 Å². The Bertz CT molecular complexity index is 1030. The molecule has 0 atom stereocenters. The number of sulfonamides is 1. The Balaban J connectivity index is 1.98. The van der Waals surface area contributed by atoms with Crippen LogP contribution in [0.3, 0.4) is 0 Å². The second-order valence-electron chi connectivity index (χ2n) is 6.18. The van der Waals surface area contributed by atoms with Crippen LogP contribution in [0.4, 0.5) is 5.69 Å². The van der Waals surface area contributed by atoms with Crippen LogP contribution in [0.25, 0.3) is 0 Å². The van der Waals surface area contributed by atoms with Gasteiger partial charge in [-0.3, -0.25) is 9.10 Å². The molecule has 1 amide bonds. The third kappa shape index (κ3) is 4.03. The molecule has 2 N–H and O–H groups in total. The Hall–Kier alpha value is -3.06. The minimum absolute atomic E-state index is 0.0377. The SMILES string of the molecule is Cn1cc(S(=O)(=O)N(CCc2ccccc2)c2ccccc2)cc1C(N)=O. The maximum Gasteiger partial charge on any atom is 0.265 e. The highest BCUT2D eigenvalue weighted by molar-refractivity contribution is 7.92. The number of carbonyl (C=O) groups excluding carboxylic acids is 1. The number of anilines is 1. The monoisotopic (exact) mass is 383 g/mol. The van der Waals surface area contributed by atoms with E-state index in [1.807, 2.05) is 36.4 Å². The molecule has 0 radical (unpaired) electrons. The standard InChI is InChI=1S/C20H21N3O3S/c1-22-15-18(14-19(22)20(21)24)27(25,26)23(17-10-6-3-7-11-17)13-12-16-8-4-2-5-9-16/h2-11,14-15H,12-13H2,1H3,(H2,21,24). The lowest BCUT2D eigenvalue weighted by molar-refractivity contribution is 0.0992. The number of primary amides is 1. The van der Waals surface area contributed by atoms with Crippen molar-refractivity contribution >= 4 is 21.6 Å². The molecule has 1 heterocycles. The highest BCUT2D eigenvalue weighted by Gasteiger charge is 2.27. The summed E-state index contributed by atoms with van der Waals surface area (Å²) < 4.78 is 29.4. The van der Waals surface area contributed by atoms with Gasteiger partial charge in [0.2, 0.25) is 0 Å². The lowest BCUT2D eigenvalue weighted by Gasteiger charge is -2.24. The summed E-state index contributed by atoms with van der Waals surface area (Å²) in [5.41, 5.74) is 7.08. The molecule has 0 aliphatic rings. The Labute approximate surface area is 158 Å². The van der Waals surface area contributed by atoms with Crippen LogP contribution in [0.5, 0.6) is 0 Å². The zero-order valence-electron chi connectivity index (χ0n) is 14.9. The zero-order chi connectivity index (χ0) is 19.4. The first kappa shape index (κ1) is 18.7. The fourth-order valence-electron chi connectivity index (χ4n) is 2.91. The van der Waals surface area contributed by atoms with Gasteiger partial charge in [0.05, 0.1) is 5.69 Å². The zero-order valence-corrected chi connectivity index (χ0v) is 15.8. The number of amides is 1. The summed E-state index contributed by atoms with van der Waals surface area (Å²) in [7, 11) is -2.26. The van der Waals surface area contributed by atoms with E-state index in [2.05, 4.69) is 0 Å². The van der Waals surface area contributed by atoms with Gasteiger partial charge < -0.3 is 10.3 Å². The number of hydrogen-bond donors (Lipinski definition) is 1. The Morgan fingerprint density at radius 1 is 1.04 bits per heavy atom. The average molecular weight is 383 g/mol. The number of para-hydroxylation sites is 1. The van der Waals surface area contributed by atoms with Gasteiger partial charge in [-0.15, -0.1) is 0 Å². The second-order valence-corrected chi connectivity index (χ2v) is 8.05. The first-order chi connectivity index (χ1) is 12.9. The van der Waals surface area contributed by atoms with Crippen molar-refractivity contribution in [1.29, 1.82) is 0 Å². The fraction of sp³-hybridized carbons (Fsp3) is 0.150. The molecule has 0 saturated heterocycles. The topological polar surface area (TPSA) is 85.4 Å². The molecule has 0 bridgehead atoms. The molecule has 2 aromatic carbocycles. The summed E-state index contributed by atoms with van der Waals surface area (Å²) >= 11 is 0. The minimum Gasteiger partial charge on any atom is -0.364 e. The largest absolute Gasteiger partial charge is 0.364 e. The number of nitrogens with zero attached hydrogens (tertiary/aromatic N) is 2. The molecule has 1 aromatic heterocycles. The molecule has 0 saturated carbocycles. The van der Waals surface area contributed by atoms with Crippen molar-refractivity contribution in [2.75, 3.05) is 10.8 Å². The van der Waals surface area contributed by atoms with Gasteiger partial charge in [0.25, 0.3) is 15.9 Å². The molecular weight excluding hydrogens is 362 g/mol. The minimum atomic E-state index is -3.85. The van der Waals surface area contributed by atoms with Crippen LogP contribution in [0.15, 0.2) is 77.8 Å². The number of aromatic nitrogens is 1. The van der Waals surface area contributed by atoms with Gasteiger partial charge in [-0.05, 0) is 30.2 Å². The normalized spacial score (nSPS) is 11.3. The van der Waals surface area contributed by atoms with Crippen LogP contribution in [-0.2, 0) is 23.5 Å². The molecule has 7 heteroatoms. The van der Waals surface area contributed by atoms with E-state index in [1.54, 1.807) is 31.3 Å². The molecule has 27 heavy (non-hydrogen) atoms. The predicted octanol–water partition coefficient (Wildman–Crippen LogP) is 2.56. The second kappa shape index (κ2) is 7.67. The van der Waals surface area contributed by atoms with Crippen LogP contribution < -0.4 is 10.0 Å². The van der Waals surface area contributed by atoms with E-state index >= 15 is 0 Å². The first-order valence-corrected chi connectivity index (χ1v) is 9.91. The van der Waals surface area contributed by atoms with Gasteiger partial charge in [-0.25, -0.2) is 8.42 Å². The molecule has 0 aliphatic heterocycles. The van der Waals surface area contributed by atoms with Crippen LogP contribution >= 0.6 is 0 Å². The third-order valence-electron chi connectivity index (χ3n) is 4.31. The number of rotatable bonds is 7. The molecule has 3 aromatic rings. The smallest absolute Gasteiger partial charge is 0.265 e. The van der Waals surface area contributed by atoms with E-state index in [1.165, 1.54) is 21.1 Å². The van der Waals surface area contributed by atoms with Crippen molar-refractivity contribution < 1.29 is 13.2 Å². The Morgan fingerprint density at radius 2 is 1.63 bits per heavy atom. The Kier molecular flexibility index (Phi) is 5.32. The molecule has 0 fully saturated rings. The highest BCUT2D eigenvalue weighted by atomic mass is 32.2. The van der Waals surface area contributed by atoms with Crippen LogP contribution in [0.2, 0.25) is 0 Å². The van der Waals surface area contributed by atoms with Gasteiger partial charge in [0, 0.05) is 19.8 Å². The summed E-state index contributed by atoms with van der Waals surface area (Å²) in [4.78, 5) is 11.5. The lowest BCUT2D eigenvalue weighted by atomic mass is 10.1. The van der Waals surface area contributed by atoms with E-state index in [4.69, 9.17) is 5.73 Å². The van der Waals surface area contributed by atoms with Gasteiger partial charge in [0.1, 0.15) is 10.6 Å². The average Bonchev–Trinajstić information content (AvgIpc) is 3.06. The number of benzene rings is 2. The van der Waals surface area contributed by atoms with Crippen molar-refractivity contribution in [2.24, 2.45) is 12.8 Å². The van der Waals surface area contributed by atoms with Crippen LogP contribution in [0.1, 0.15) is 16.1 Å². The van der Waals surface area contributed by atoms with Crippen molar-refractivity contribution in [1.82, 2.24) is 4.57 Å². The number of aryl methyl sites for hydroxylation is 1. The van der Waals surface area contributed by atoms with Crippen molar-refractivity contribution in [3.8, 4) is 0 Å².